The van der Waals surface area contributed by atoms with Gasteiger partial charge in [-0.05, 0) is 63.9 Å². The molecule has 1 atom stereocenters. The fraction of sp³-hybridized carbons (Fsp3) is 0.433. The van der Waals surface area contributed by atoms with Gasteiger partial charge in [0.15, 0.2) is 0 Å². The van der Waals surface area contributed by atoms with Crippen molar-refractivity contribution in [3.63, 3.8) is 0 Å². The van der Waals surface area contributed by atoms with Gasteiger partial charge in [0.1, 0.15) is 23.8 Å². The second kappa shape index (κ2) is 13.5. The van der Waals surface area contributed by atoms with Gasteiger partial charge in [-0.1, -0.05) is 24.3 Å². The molecule has 1 aliphatic rings. The zero-order chi connectivity index (χ0) is 32.1. The van der Waals surface area contributed by atoms with Crippen molar-refractivity contribution >= 4 is 17.9 Å². The Labute approximate surface area is 253 Å². The zero-order valence-electron chi connectivity index (χ0n) is 25.2. The Hall–Kier alpha value is -4.46. The van der Waals surface area contributed by atoms with Crippen molar-refractivity contribution in [3.05, 3.63) is 65.2 Å². The van der Waals surface area contributed by atoms with Crippen LogP contribution in [0.1, 0.15) is 43.9 Å². The van der Waals surface area contributed by atoms with Gasteiger partial charge in [0.25, 0.3) is 0 Å². The van der Waals surface area contributed by atoms with Gasteiger partial charge in [-0.3, -0.25) is 5.32 Å². The largest absolute Gasteiger partial charge is 0.573 e. The number of halogens is 3. The maximum Gasteiger partial charge on any atom is 0.573 e. The number of urea groups is 1. The molecule has 0 radical (unpaired) electrons. The summed E-state index contributed by atoms with van der Waals surface area (Å²) < 4.78 is 61.1. The van der Waals surface area contributed by atoms with Gasteiger partial charge in [-0.15, -0.1) is 18.3 Å². The van der Waals surface area contributed by atoms with E-state index in [9.17, 15) is 22.8 Å². The van der Waals surface area contributed by atoms with Crippen LogP contribution in [-0.2, 0) is 22.6 Å². The summed E-state index contributed by atoms with van der Waals surface area (Å²) >= 11 is 0. The number of amides is 3. The van der Waals surface area contributed by atoms with Crippen molar-refractivity contribution in [3.8, 4) is 17.3 Å². The number of para-hydroxylation sites is 1. The molecule has 238 valence electrons. The van der Waals surface area contributed by atoms with E-state index in [1.807, 2.05) is 6.07 Å². The van der Waals surface area contributed by atoms with Crippen LogP contribution in [0, 0.1) is 6.92 Å². The third-order valence-electron chi connectivity index (χ3n) is 6.60. The minimum Gasteiger partial charge on any atom is -0.474 e. The minimum absolute atomic E-state index is 0.111. The highest BCUT2D eigenvalue weighted by Crippen LogP contribution is 2.31. The average molecular weight is 620 g/mol. The Morgan fingerprint density at radius 1 is 1.09 bits per heavy atom. The lowest BCUT2D eigenvalue weighted by molar-refractivity contribution is -0.274. The molecule has 1 saturated heterocycles. The molecule has 0 saturated carbocycles. The van der Waals surface area contributed by atoms with E-state index in [1.165, 1.54) is 30.0 Å². The van der Waals surface area contributed by atoms with Gasteiger partial charge in [0.2, 0.25) is 5.88 Å². The number of anilines is 1. The number of rotatable bonds is 10. The Balaban J connectivity index is 1.49. The number of hydrogen-bond donors (Lipinski definition) is 2. The maximum absolute atomic E-state index is 13.0. The van der Waals surface area contributed by atoms with Gasteiger partial charge < -0.3 is 29.2 Å². The van der Waals surface area contributed by atoms with E-state index in [-0.39, 0.29) is 37.2 Å². The molecule has 1 fully saturated rings. The molecule has 44 heavy (non-hydrogen) atoms. The monoisotopic (exact) mass is 619 g/mol. The van der Waals surface area contributed by atoms with Crippen molar-refractivity contribution in [2.24, 2.45) is 0 Å². The first-order chi connectivity index (χ1) is 20.7. The summed E-state index contributed by atoms with van der Waals surface area (Å²) in [7, 11) is 1.46. The average Bonchev–Trinajstić information content (AvgIpc) is 3.21. The number of nitrogens with one attached hydrogen (secondary N) is 2. The van der Waals surface area contributed by atoms with Crippen LogP contribution in [-0.4, -0.2) is 65.1 Å². The highest BCUT2D eigenvalue weighted by atomic mass is 19.4. The topological polar surface area (TPSA) is 116 Å². The lowest BCUT2D eigenvalue weighted by atomic mass is 10.1. The van der Waals surface area contributed by atoms with Crippen LogP contribution < -0.4 is 20.1 Å². The molecule has 3 amide bonds. The van der Waals surface area contributed by atoms with Crippen molar-refractivity contribution in [2.75, 3.05) is 25.6 Å². The predicted octanol–water partition coefficient (Wildman–Crippen LogP) is 5.94. The molecule has 4 rings (SSSR count). The molecule has 11 nitrogen and oxygen atoms in total. The van der Waals surface area contributed by atoms with Crippen LogP contribution in [0.4, 0.5) is 28.6 Å². The molecule has 14 heteroatoms. The Morgan fingerprint density at radius 3 is 2.43 bits per heavy atom. The number of likely N-dealkylation sites (tertiary alicyclic amines) is 1. The molecule has 0 bridgehead atoms. The van der Waals surface area contributed by atoms with E-state index in [0.29, 0.717) is 29.2 Å². The highest BCUT2D eigenvalue weighted by molar-refractivity contribution is 5.89. The molecule has 2 aromatic carbocycles. The summed E-state index contributed by atoms with van der Waals surface area (Å²) in [6.45, 7) is 7.73. The van der Waals surface area contributed by atoms with E-state index in [4.69, 9.17) is 14.2 Å². The summed E-state index contributed by atoms with van der Waals surface area (Å²) in [6.07, 6.45) is -4.59. The summed E-state index contributed by atoms with van der Waals surface area (Å²) in [5, 5.41) is 9.88. The highest BCUT2D eigenvalue weighted by Gasteiger charge is 2.36. The van der Waals surface area contributed by atoms with E-state index in [1.54, 1.807) is 56.9 Å². The second-order valence-corrected chi connectivity index (χ2v) is 11.2. The fourth-order valence-electron chi connectivity index (χ4n) is 4.44. The fourth-order valence-corrected chi connectivity index (χ4v) is 4.44. The molecule has 0 unspecified atom stereocenters. The number of benzene rings is 2. The molecular formula is C30H36F3N5O6. The quantitative estimate of drug-likeness (QED) is 0.289. The first kappa shape index (κ1) is 32.5. The van der Waals surface area contributed by atoms with Crippen molar-refractivity contribution < 1.29 is 41.7 Å². The maximum atomic E-state index is 13.0. The normalized spacial score (nSPS) is 14.9. The number of nitrogens with zero attached hydrogens (tertiary/aromatic N) is 3. The van der Waals surface area contributed by atoms with Crippen molar-refractivity contribution in [2.45, 2.75) is 65.3 Å². The van der Waals surface area contributed by atoms with Gasteiger partial charge in [-0.25, -0.2) is 14.3 Å². The van der Waals surface area contributed by atoms with Crippen LogP contribution in [0.2, 0.25) is 0 Å². The molecule has 2 heterocycles. The number of ether oxygens (including phenoxy) is 4. The van der Waals surface area contributed by atoms with E-state index < -0.39 is 29.8 Å². The number of carbonyl (C=O) groups is 2. The van der Waals surface area contributed by atoms with Gasteiger partial charge in [0, 0.05) is 25.8 Å². The lowest BCUT2D eigenvalue weighted by Crippen LogP contribution is -2.55. The minimum atomic E-state index is -4.90. The summed E-state index contributed by atoms with van der Waals surface area (Å²) in [4.78, 5) is 27.1. The van der Waals surface area contributed by atoms with Crippen LogP contribution in [0.25, 0.3) is 5.69 Å². The van der Waals surface area contributed by atoms with Crippen LogP contribution in [0.15, 0.2) is 48.5 Å². The molecule has 1 aliphatic heterocycles. The molecule has 2 N–H and O–H groups in total. The lowest BCUT2D eigenvalue weighted by Gasteiger charge is -2.40. The Morgan fingerprint density at radius 2 is 1.82 bits per heavy atom. The van der Waals surface area contributed by atoms with Crippen molar-refractivity contribution in [1.82, 2.24) is 20.0 Å². The molecular weight excluding hydrogens is 583 g/mol. The van der Waals surface area contributed by atoms with E-state index in [2.05, 4.69) is 20.5 Å². The number of carbonyl (C=O) groups excluding carboxylic acids is 2. The number of methoxy groups -OCH3 is 1. The smallest absolute Gasteiger partial charge is 0.474 e. The molecule has 0 aliphatic carbocycles. The molecule has 0 spiro atoms. The number of alkyl halides is 3. The first-order valence-electron chi connectivity index (χ1n) is 13.9. The zero-order valence-corrected chi connectivity index (χ0v) is 25.2. The van der Waals surface area contributed by atoms with E-state index in [0.717, 1.165) is 6.42 Å². The number of hydrogen-bond acceptors (Lipinski definition) is 7. The van der Waals surface area contributed by atoms with Crippen molar-refractivity contribution in [1.29, 1.82) is 0 Å². The molecule has 1 aromatic heterocycles. The van der Waals surface area contributed by atoms with Gasteiger partial charge in [0.05, 0.1) is 23.9 Å². The van der Waals surface area contributed by atoms with Crippen LogP contribution in [0.3, 0.4) is 0 Å². The Bertz CT molecular complexity index is 1460. The Kier molecular flexibility index (Phi) is 9.92. The van der Waals surface area contributed by atoms with Gasteiger partial charge in [-0.2, -0.15) is 0 Å². The van der Waals surface area contributed by atoms with Crippen LogP contribution in [0.5, 0.6) is 11.6 Å². The standard InChI is InChI=1S/C30H36F3N5O6/c1-19-25(35-27(39)34-16-21-15-20(17-41-5)11-12-24(21)43-30(31,32)33)38(22-9-7-6-8-10-22)36-26(19)42-18-23-13-14-37(23)28(40)44-29(2,3)4/h6-12,15,23H,13-14,16-18H2,1-5H3,(H2,34,35,39)/t23-/m1/s1. The third-order valence-corrected chi connectivity index (χ3v) is 6.60. The summed E-state index contributed by atoms with van der Waals surface area (Å²) in [6, 6.07) is 12.2. The second-order valence-electron chi connectivity index (χ2n) is 11.2. The van der Waals surface area contributed by atoms with E-state index >= 15 is 0 Å². The van der Waals surface area contributed by atoms with Gasteiger partial charge >= 0.3 is 18.5 Å². The van der Waals surface area contributed by atoms with Crippen LogP contribution >= 0.6 is 0 Å². The SMILES string of the molecule is COCc1ccc(OC(F)(F)F)c(CNC(=O)Nc2c(C)c(OC[C@H]3CCN3C(=O)OC(C)(C)C)nn2-c2ccccc2)c1. The first-order valence-corrected chi connectivity index (χ1v) is 13.9. The molecule has 3 aromatic rings. The third kappa shape index (κ3) is 8.56. The summed E-state index contributed by atoms with van der Waals surface area (Å²) in [5.74, 6) is 0.102. The summed E-state index contributed by atoms with van der Waals surface area (Å²) in [5.41, 5.74) is 1.24. The number of aromatic nitrogens is 2. The predicted molar refractivity (Wildman–Crippen MR) is 155 cm³/mol.